The Bertz CT molecular complexity index is 627. The van der Waals surface area contributed by atoms with Crippen LogP contribution in [0.4, 0.5) is 4.39 Å². The average molecular weight is 365 g/mol. The first kappa shape index (κ1) is 15.6. The Morgan fingerprint density at radius 1 is 1.50 bits per heavy atom. The number of hydrogen-bond donors (Lipinski definition) is 0. The van der Waals surface area contributed by atoms with Crippen molar-refractivity contribution in [3.8, 4) is 0 Å². The highest BCUT2D eigenvalue weighted by atomic mass is 79.9. The van der Waals surface area contributed by atoms with Crippen molar-refractivity contribution in [3.63, 3.8) is 0 Å². The van der Waals surface area contributed by atoms with Crippen LogP contribution in [0.2, 0.25) is 0 Å². The third-order valence-corrected chi connectivity index (χ3v) is 3.96. The molecule has 1 aromatic carbocycles. The van der Waals surface area contributed by atoms with Gasteiger partial charge in [0.15, 0.2) is 0 Å². The SMILES string of the molecule is CS(=O)(=O)OCC1COCC=C1c1cc(Br)ccc1F. The van der Waals surface area contributed by atoms with E-state index >= 15 is 0 Å². The number of hydrogen-bond acceptors (Lipinski definition) is 4. The minimum atomic E-state index is -3.53. The minimum absolute atomic E-state index is 0.0589. The van der Waals surface area contributed by atoms with Gasteiger partial charge in [0.25, 0.3) is 10.1 Å². The van der Waals surface area contributed by atoms with Crippen molar-refractivity contribution >= 4 is 31.6 Å². The van der Waals surface area contributed by atoms with Crippen LogP contribution >= 0.6 is 15.9 Å². The molecule has 1 aliphatic rings. The lowest BCUT2D eigenvalue weighted by Gasteiger charge is -2.24. The van der Waals surface area contributed by atoms with Crippen molar-refractivity contribution in [2.24, 2.45) is 5.92 Å². The Labute approximate surface area is 125 Å². The molecule has 0 bridgehead atoms. The van der Waals surface area contributed by atoms with Gasteiger partial charge in [0.1, 0.15) is 5.82 Å². The lowest BCUT2D eigenvalue weighted by atomic mass is 9.91. The fourth-order valence-corrected chi connectivity index (χ4v) is 2.78. The summed E-state index contributed by atoms with van der Waals surface area (Å²) >= 11 is 3.30. The topological polar surface area (TPSA) is 52.6 Å². The summed E-state index contributed by atoms with van der Waals surface area (Å²) in [5, 5.41) is 0. The summed E-state index contributed by atoms with van der Waals surface area (Å²) in [5.74, 6) is -0.673. The normalized spacial score (nSPS) is 19.8. The Morgan fingerprint density at radius 3 is 2.95 bits per heavy atom. The highest BCUT2D eigenvalue weighted by molar-refractivity contribution is 9.10. The maximum absolute atomic E-state index is 13.9. The van der Waals surface area contributed by atoms with Crippen molar-refractivity contribution in [2.45, 2.75) is 0 Å². The second kappa shape index (κ2) is 6.34. The molecule has 1 unspecified atom stereocenters. The van der Waals surface area contributed by atoms with Gasteiger partial charge in [0.05, 0.1) is 26.1 Å². The lowest BCUT2D eigenvalue weighted by Crippen LogP contribution is -2.24. The molecule has 4 nitrogen and oxygen atoms in total. The second-order valence-electron chi connectivity index (χ2n) is 4.51. The summed E-state index contributed by atoms with van der Waals surface area (Å²) in [4.78, 5) is 0. The van der Waals surface area contributed by atoms with Gasteiger partial charge in [0, 0.05) is 16.0 Å². The van der Waals surface area contributed by atoms with Gasteiger partial charge >= 0.3 is 0 Å². The molecule has 1 aromatic rings. The Hall–Kier alpha value is -0.760. The van der Waals surface area contributed by atoms with E-state index in [2.05, 4.69) is 15.9 Å². The van der Waals surface area contributed by atoms with E-state index in [-0.39, 0.29) is 18.3 Å². The molecule has 1 aliphatic heterocycles. The highest BCUT2D eigenvalue weighted by Crippen LogP contribution is 2.31. The van der Waals surface area contributed by atoms with Gasteiger partial charge in [-0.25, -0.2) is 4.39 Å². The zero-order chi connectivity index (χ0) is 14.8. The van der Waals surface area contributed by atoms with Gasteiger partial charge in [-0.05, 0) is 23.8 Å². The molecule has 0 saturated heterocycles. The molecule has 20 heavy (non-hydrogen) atoms. The van der Waals surface area contributed by atoms with Crippen molar-refractivity contribution in [2.75, 3.05) is 26.1 Å². The Morgan fingerprint density at radius 2 is 2.25 bits per heavy atom. The maximum Gasteiger partial charge on any atom is 0.264 e. The van der Waals surface area contributed by atoms with E-state index in [0.717, 1.165) is 10.7 Å². The first-order chi connectivity index (χ1) is 9.37. The molecular weight excluding hydrogens is 351 g/mol. The van der Waals surface area contributed by atoms with E-state index in [4.69, 9.17) is 8.92 Å². The fourth-order valence-electron chi connectivity index (χ4n) is 2.01. The fraction of sp³-hybridized carbons (Fsp3) is 0.385. The quantitative estimate of drug-likeness (QED) is 0.770. The molecule has 2 rings (SSSR count). The van der Waals surface area contributed by atoms with Crippen molar-refractivity contribution < 1.29 is 21.7 Å². The third kappa shape index (κ3) is 4.12. The van der Waals surface area contributed by atoms with Gasteiger partial charge in [0.2, 0.25) is 0 Å². The van der Waals surface area contributed by atoms with Crippen LogP contribution in [-0.2, 0) is 19.0 Å². The molecule has 0 fully saturated rings. The molecule has 0 spiro atoms. The number of ether oxygens (including phenoxy) is 1. The molecule has 1 heterocycles. The third-order valence-electron chi connectivity index (χ3n) is 2.90. The zero-order valence-corrected chi connectivity index (χ0v) is 13.2. The van der Waals surface area contributed by atoms with E-state index in [9.17, 15) is 12.8 Å². The Kier molecular flexibility index (Phi) is 4.95. The van der Waals surface area contributed by atoms with Crippen molar-refractivity contribution in [1.29, 1.82) is 0 Å². The summed E-state index contributed by atoms with van der Waals surface area (Å²) in [6, 6.07) is 4.64. The standard InChI is InChI=1S/C13H14BrFO4S/c1-20(16,17)19-8-9-7-18-5-4-11(9)12-6-10(14)2-3-13(12)15/h2-4,6,9H,5,7-8H2,1H3. The molecule has 110 valence electrons. The first-order valence-electron chi connectivity index (χ1n) is 5.94. The van der Waals surface area contributed by atoms with E-state index < -0.39 is 10.1 Å². The summed E-state index contributed by atoms with van der Waals surface area (Å²) < 4.78 is 46.9. The zero-order valence-electron chi connectivity index (χ0n) is 10.8. The molecule has 0 radical (unpaired) electrons. The Balaban J connectivity index is 2.27. The van der Waals surface area contributed by atoms with Gasteiger partial charge < -0.3 is 4.74 Å². The van der Waals surface area contributed by atoms with Gasteiger partial charge in [-0.1, -0.05) is 22.0 Å². The summed E-state index contributed by atoms with van der Waals surface area (Å²) in [5.41, 5.74) is 1.14. The molecule has 7 heteroatoms. The molecule has 0 saturated carbocycles. The molecule has 0 aromatic heterocycles. The molecule has 0 amide bonds. The van der Waals surface area contributed by atoms with E-state index in [1.54, 1.807) is 18.2 Å². The second-order valence-corrected chi connectivity index (χ2v) is 7.07. The van der Waals surface area contributed by atoms with Gasteiger partial charge in [-0.2, -0.15) is 8.42 Å². The predicted octanol–water partition coefficient (Wildman–Crippen LogP) is 2.59. The minimum Gasteiger partial charge on any atom is -0.377 e. The van der Waals surface area contributed by atoms with Crippen molar-refractivity contribution in [1.82, 2.24) is 0 Å². The predicted molar refractivity (Wildman–Crippen MR) is 77.2 cm³/mol. The van der Waals surface area contributed by atoms with Crippen LogP contribution in [0.15, 0.2) is 28.7 Å². The molecule has 0 N–H and O–H groups in total. The van der Waals surface area contributed by atoms with Crippen LogP contribution in [0.1, 0.15) is 5.56 Å². The number of rotatable bonds is 4. The highest BCUT2D eigenvalue weighted by Gasteiger charge is 2.24. The van der Waals surface area contributed by atoms with E-state index in [0.29, 0.717) is 24.4 Å². The maximum atomic E-state index is 13.9. The van der Waals surface area contributed by atoms with Crippen LogP contribution in [0, 0.1) is 11.7 Å². The molecule has 1 atom stereocenters. The van der Waals surface area contributed by atoms with Crippen LogP contribution in [0.5, 0.6) is 0 Å². The van der Waals surface area contributed by atoms with E-state index in [1.807, 2.05) is 0 Å². The molecular formula is C13H14BrFO4S. The van der Waals surface area contributed by atoms with Crippen LogP contribution < -0.4 is 0 Å². The van der Waals surface area contributed by atoms with Crippen LogP contribution in [0.3, 0.4) is 0 Å². The summed E-state index contributed by atoms with van der Waals surface area (Å²) in [6.45, 7) is 0.612. The smallest absolute Gasteiger partial charge is 0.264 e. The summed E-state index contributed by atoms with van der Waals surface area (Å²) in [7, 11) is -3.53. The van der Waals surface area contributed by atoms with E-state index in [1.165, 1.54) is 6.07 Å². The molecule has 0 aliphatic carbocycles. The van der Waals surface area contributed by atoms with Crippen molar-refractivity contribution in [3.05, 3.63) is 40.1 Å². The van der Waals surface area contributed by atoms with Gasteiger partial charge in [-0.15, -0.1) is 0 Å². The monoisotopic (exact) mass is 364 g/mol. The lowest BCUT2D eigenvalue weighted by molar-refractivity contribution is 0.110. The van der Waals surface area contributed by atoms with Gasteiger partial charge in [-0.3, -0.25) is 4.18 Å². The largest absolute Gasteiger partial charge is 0.377 e. The number of halogens is 2. The number of benzene rings is 1. The van der Waals surface area contributed by atoms with Crippen LogP contribution in [0.25, 0.3) is 5.57 Å². The average Bonchev–Trinajstić information content (AvgIpc) is 2.39. The summed E-state index contributed by atoms with van der Waals surface area (Å²) in [6.07, 6.45) is 2.74. The first-order valence-corrected chi connectivity index (χ1v) is 8.55. The van der Waals surface area contributed by atoms with Crippen LogP contribution in [-0.4, -0.2) is 34.5 Å².